The number of rotatable bonds is 5. The summed E-state index contributed by atoms with van der Waals surface area (Å²) in [6.07, 6.45) is 1.49. The molecule has 108 valence electrons. The predicted octanol–water partition coefficient (Wildman–Crippen LogP) is 1.75. The second kappa shape index (κ2) is 5.58. The molecule has 6 heteroatoms. The standard InChI is InChI=1S/C14H18N2O4/c1-9-3-6-11(16(19)20)7-12(9)14(18)15(2)8-13(17)10-4-5-10/h3,6-7,10,13,17H,4-5,8H2,1-2H3. The molecule has 0 radical (unpaired) electrons. The van der Waals surface area contributed by atoms with Gasteiger partial charge in [0.1, 0.15) is 0 Å². The second-order valence-corrected chi connectivity index (χ2v) is 5.35. The van der Waals surface area contributed by atoms with E-state index in [1.807, 2.05) is 0 Å². The van der Waals surface area contributed by atoms with Crippen LogP contribution in [-0.2, 0) is 0 Å². The number of nitrogens with zero attached hydrogens (tertiary/aromatic N) is 2. The summed E-state index contributed by atoms with van der Waals surface area (Å²) in [4.78, 5) is 24.0. The lowest BCUT2D eigenvalue weighted by Gasteiger charge is -2.21. The maximum Gasteiger partial charge on any atom is 0.270 e. The minimum atomic E-state index is -0.519. The molecule has 1 aromatic carbocycles. The maximum absolute atomic E-state index is 12.3. The first-order chi connectivity index (χ1) is 9.40. The minimum Gasteiger partial charge on any atom is -0.391 e. The first-order valence-electron chi connectivity index (χ1n) is 6.58. The number of benzene rings is 1. The Morgan fingerprint density at radius 2 is 2.20 bits per heavy atom. The number of aliphatic hydroxyl groups is 1. The van der Waals surface area contributed by atoms with Crippen LogP contribution in [0.15, 0.2) is 18.2 Å². The molecule has 0 aromatic heterocycles. The molecule has 6 nitrogen and oxygen atoms in total. The van der Waals surface area contributed by atoms with E-state index in [9.17, 15) is 20.0 Å². The fourth-order valence-corrected chi connectivity index (χ4v) is 2.15. The van der Waals surface area contributed by atoms with Crippen molar-refractivity contribution in [3.05, 3.63) is 39.4 Å². The minimum absolute atomic E-state index is 0.102. The van der Waals surface area contributed by atoms with E-state index in [1.165, 1.54) is 17.0 Å². The normalized spacial score (nSPS) is 15.8. The number of hydrogen-bond donors (Lipinski definition) is 1. The molecule has 20 heavy (non-hydrogen) atoms. The first-order valence-corrected chi connectivity index (χ1v) is 6.58. The number of carbonyl (C=O) groups is 1. The molecular formula is C14H18N2O4. The Morgan fingerprint density at radius 3 is 2.75 bits per heavy atom. The van der Waals surface area contributed by atoms with Crippen molar-refractivity contribution in [3.63, 3.8) is 0 Å². The number of aryl methyl sites for hydroxylation is 1. The van der Waals surface area contributed by atoms with E-state index >= 15 is 0 Å². The molecule has 0 spiro atoms. The lowest BCUT2D eigenvalue weighted by atomic mass is 10.1. The first kappa shape index (κ1) is 14.5. The third kappa shape index (κ3) is 3.14. The number of non-ortho nitro benzene ring substituents is 1. The van der Waals surface area contributed by atoms with Crippen LogP contribution in [0.3, 0.4) is 0 Å². The summed E-state index contributed by atoms with van der Waals surface area (Å²) in [6.45, 7) is 1.99. The summed E-state index contributed by atoms with van der Waals surface area (Å²) in [5.41, 5.74) is 0.896. The Labute approximate surface area is 117 Å². The highest BCUT2D eigenvalue weighted by Crippen LogP contribution is 2.33. The number of amides is 1. The lowest BCUT2D eigenvalue weighted by Crippen LogP contribution is -2.35. The largest absolute Gasteiger partial charge is 0.391 e. The van der Waals surface area contributed by atoms with Crippen LogP contribution in [-0.4, -0.2) is 40.5 Å². The van der Waals surface area contributed by atoms with Gasteiger partial charge in [0.25, 0.3) is 11.6 Å². The van der Waals surface area contributed by atoms with Gasteiger partial charge in [-0.2, -0.15) is 0 Å². The van der Waals surface area contributed by atoms with Crippen LogP contribution in [0.4, 0.5) is 5.69 Å². The summed E-state index contributed by atoms with van der Waals surface area (Å²) >= 11 is 0. The van der Waals surface area contributed by atoms with Gasteiger partial charge >= 0.3 is 0 Å². The van der Waals surface area contributed by atoms with Gasteiger partial charge in [0.05, 0.1) is 11.0 Å². The van der Waals surface area contributed by atoms with Gasteiger partial charge in [-0.25, -0.2) is 0 Å². The van der Waals surface area contributed by atoms with E-state index in [0.717, 1.165) is 12.8 Å². The number of nitro groups is 1. The highest BCUT2D eigenvalue weighted by atomic mass is 16.6. The Kier molecular flexibility index (Phi) is 4.04. The Bertz CT molecular complexity index is 540. The van der Waals surface area contributed by atoms with Gasteiger partial charge in [0.2, 0.25) is 0 Å². The Morgan fingerprint density at radius 1 is 1.55 bits per heavy atom. The van der Waals surface area contributed by atoms with E-state index < -0.39 is 11.0 Å². The molecule has 1 N–H and O–H groups in total. The number of hydrogen-bond acceptors (Lipinski definition) is 4. The van der Waals surface area contributed by atoms with E-state index in [-0.39, 0.29) is 24.1 Å². The maximum atomic E-state index is 12.3. The fourth-order valence-electron chi connectivity index (χ4n) is 2.15. The van der Waals surface area contributed by atoms with E-state index in [4.69, 9.17) is 0 Å². The SMILES string of the molecule is Cc1ccc([N+](=O)[O-])cc1C(=O)N(C)CC(O)C1CC1. The summed E-state index contributed by atoms with van der Waals surface area (Å²) in [5, 5.41) is 20.6. The number of nitro benzene ring substituents is 1. The molecule has 0 heterocycles. The predicted molar refractivity (Wildman–Crippen MR) is 73.5 cm³/mol. The topological polar surface area (TPSA) is 83.7 Å². The van der Waals surface area contributed by atoms with E-state index in [2.05, 4.69) is 0 Å². The average Bonchev–Trinajstić information content (AvgIpc) is 3.22. The number of carbonyl (C=O) groups excluding carboxylic acids is 1. The van der Waals surface area contributed by atoms with Crippen LogP contribution in [0.2, 0.25) is 0 Å². The van der Waals surface area contributed by atoms with Gasteiger partial charge in [0, 0.05) is 31.3 Å². The smallest absolute Gasteiger partial charge is 0.270 e. The van der Waals surface area contributed by atoms with Gasteiger partial charge in [-0.3, -0.25) is 14.9 Å². The third-order valence-corrected chi connectivity index (χ3v) is 3.64. The number of aliphatic hydroxyl groups excluding tert-OH is 1. The summed E-state index contributed by atoms with van der Waals surface area (Å²) in [5.74, 6) is -0.0117. The van der Waals surface area contributed by atoms with Crippen LogP contribution in [0.1, 0.15) is 28.8 Å². The molecule has 1 atom stereocenters. The summed E-state index contributed by atoms with van der Waals surface area (Å²) in [7, 11) is 1.60. The van der Waals surface area contributed by atoms with Gasteiger partial charge in [-0.15, -0.1) is 0 Å². The molecule has 1 saturated carbocycles. The average molecular weight is 278 g/mol. The zero-order valence-corrected chi connectivity index (χ0v) is 11.6. The van der Waals surface area contributed by atoms with Crippen molar-refractivity contribution in [1.82, 2.24) is 4.90 Å². The zero-order chi connectivity index (χ0) is 14.9. The van der Waals surface area contributed by atoms with E-state index in [0.29, 0.717) is 11.1 Å². The zero-order valence-electron chi connectivity index (χ0n) is 11.6. The molecular weight excluding hydrogens is 260 g/mol. The molecule has 1 aliphatic rings. The summed E-state index contributed by atoms with van der Waals surface area (Å²) in [6, 6.07) is 4.24. The number of likely N-dealkylation sites (N-methyl/N-ethyl adjacent to an activating group) is 1. The van der Waals surface area contributed by atoms with Crippen molar-refractivity contribution in [2.75, 3.05) is 13.6 Å². The highest BCUT2D eigenvalue weighted by Gasteiger charge is 2.31. The van der Waals surface area contributed by atoms with Gasteiger partial charge in [-0.1, -0.05) is 6.07 Å². The van der Waals surface area contributed by atoms with Gasteiger partial charge in [-0.05, 0) is 31.2 Å². The quantitative estimate of drug-likeness (QED) is 0.657. The molecule has 0 bridgehead atoms. The van der Waals surface area contributed by atoms with Gasteiger partial charge in [0.15, 0.2) is 0 Å². The van der Waals surface area contributed by atoms with Crippen LogP contribution in [0.5, 0.6) is 0 Å². The van der Waals surface area contributed by atoms with Crippen LogP contribution < -0.4 is 0 Å². The fraction of sp³-hybridized carbons (Fsp3) is 0.500. The van der Waals surface area contributed by atoms with E-state index in [1.54, 1.807) is 20.0 Å². The van der Waals surface area contributed by atoms with Crippen LogP contribution in [0, 0.1) is 23.0 Å². The van der Waals surface area contributed by atoms with Gasteiger partial charge < -0.3 is 10.0 Å². The van der Waals surface area contributed by atoms with Crippen molar-refractivity contribution in [3.8, 4) is 0 Å². The third-order valence-electron chi connectivity index (χ3n) is 3.64. The van der Waals surface area contributed by atoms with Crippen molar-refractivity contribution in [2.24, 2.45) is 5.92 Å². The molecule has 1 fully saturated rings. The van der Waals surface area contributed by atoms with Crippen molar-refractivity contribution >= 4 is 11.6 Å². The lowest BCUT2D eigenvalue weighted by molar-refractivity contribution is -0.384. The summed E-state index contributed by atoms with van der Waals surface area (Å²) < 4.78 is 0. The Balaban J connectivity index is 2.14. The molecule has 0 saturated heterocycles. The second-order valence-electron chi connectivity index (χ2n) is 5.35. The molecule has 1 unspecified atom stereocenters. The van der Waals surface area contributed by atoms with Crippen LogP contribution >= 0.6 is 0 Å². The van der Waals surface area contributed by atoms with Crippen molar-refractivity contribution in [1.29, 1.82) is 0 Å². The monoisotopic (exact) mass is 278 g/mol. The molecule has 1 aliphatic carbocycles. The van der Waals surface area contributed by atoms with Crippen molar-refractivity contribution < 1.29 is 14.8 Å². The molecule has 0 aliphatic heterocycles. The molecule has 1 amide bonds. The highest BCUT2D eigenvalue weighted by molar-refractivity contribution is 5.96. The van der Waals surface area contributed by atoms with Crippen molar-refractivity contribution in [2.45, 2.75) is 25.9 Å². The molecule has 1 aromatic rings. The van der Waals surface area contributed by atoms with Crippen LogP contribution in [0.25, 0.3) is 0 Å². The Hall–Kier alpha value is -1.95. The molecule has 2 rings (SSSR count).